The number of aliphatic imine (C=N–C) groups is 1. The molecule has 2 aromatic rings. The molecular formula is C18H21F3N4O. The molecule has 0 aliphatic heterocycles. The number of rotatable bonds is 7. The lowest BCUT2D eigenvalue weighted by molar-refractivity contribution is -0.274. The number of ether oxygens (including phenoxy) is 1. The second-order valence-corrected chi connectivity index (χ2v) is 5.55. The van der Waals surface area contributed by atoms with E-state index in [1.807, 2.05) is 37.4 Å². The van der Waals surface area contributed by atoms with Gasteiger partial charge in [0.25, 0.3) is 0 Å². The van der Waals surface area contributed by atoms with Gasteiger partial charge in [0.05, 0.1) is 5.69 Å². The van der Waals surface area contributed by atoms with Crippen LogP contribution in [0, 0.1) is 0 Å². The summed E-state index contributed by atoms with van der Waals surface area (Å²) in [6, 6.07) is 15.6. The normalized spacial score (nSPS) is 11.9. The van der Waals surface area contributed by atoms with E-state index in [4.69, 9.17) is 5.73 Å². The molecule has 0 radical (unpaired) electrons. The molecule has 3 N–H and O–H groups in total. The van der Waals surface area contributed by atoms with Crippen LogP contribution in [0.1, 0.15) is 6.42 Å². The highest BCUT2D eigenvalue weighted by atomic mass is 19.4. The number of halogens is 3. The van der Waals surface area contributed by atoms with Crippen molar-refractivity contribution in [1.29, 1.82) is 0 Å². The Morgan fingerprint density at radius 3 is 2.46 bits per heavy atom. The molecule has 0 aromatic heterocycles. The van der Waals surface area contributed by atoms with Crippen molar-refractivity contribution in [1.82, 2.24) is 0 Å². The third kappa shape index (κ3) is 6.54. The van der Waals surface area contributed by atoms with Crippen LogP contribution in [0.15, 0.2) is 59.6 Å². The van der Waals surface area contributed by atoms with Gasteiger partial charge in [-0.3, -0.25) is 4.99 Å². The Morgan fingerprint density at radius 1 is 1.12 bits per heavy atom. The van der Waals surface area contributed by atoms with Crippen molar-refractivity contribution in [3.8, 4) is 5.75 Å². The third-order valence-corrected chi connectivity index (χ3v) is 3.51. The SMILES string of the molecule is CN(CCCN=C(N)Nc1ccccc1OC(F)(F)F)c1ccccc1. The number of nitrogens with two attached hydrogens (primary N) is 1. The molecule has 2 rings (SSSR count). The van der Waals surface area contributed by atoms with Crippen LogP contribution in [0.4, 0.5) is 24.5 Å². The lowest BCUT2D eigenvalue weighted by atomic mass is 10.3. The molecule has 0 fully saturated rings. The fourth-order valence-corrected chi connectivity index (χ4v) is 2.28. The number of hydrogen-bond donors (Lipinski definition) is 2. The molecule has 0 amide bonds. The quantitative estimate of drug-likeness (QED) is 0.444. The minimum atomic E-state index is -4.77. The largest absolute Gasteiger partial charge is 0.573 e. The van der Waals surface area contributed by atoms with Gasteiger partial charge in [0.1, 0.15) is 0 Å². The zero-order valence-corrected chi connectivity index (χ0v) is 14.3. The van der Waals surface area contributed by atoms with E-state index in [9.17, 15) is 13.2 Å². The van der Waals surface area contributed by atoms with E-state index < -0.39 is 6.36 Å². The molecule has 5 nitrogen and oxygen atoms in total. The fourth-order valence-electron chi connectivity index (χ4n) is 2.28. The molecule has 2 aromatic carbocycles. The number of anilines is 2. The summed E-state index contributed by atoms with van der Waals surface area (Å²) in [6.07, 6.45) is -4.03. The van der Waals surface area contributed by atoms with Gasteiger partial charge in [0.15, 0.2) is 11.7 Å². The van der Waals surface area contributed by atoms with Crippen molar-refractivity contribution >= 4 is 17.3 Å². The average Bonchev–Trinajstić information content (AvgIpc) is 2.60. The molecule has 0 heterocycles. The molecule has 8 heteroatoms. The van der Waals surface area contributed by atoms with Crippen molar-refractivity contribution < 1.29 is 17.9 Å². The number of nitrogens with one attached hydrogen (secondary N) is 1. The van der Waals surface area contributed by atoms with Gasteiger partial charge in [0, 0.05) is 25.8 Å². The Labute approximate surface area is 150 Å². The molecule has 0 bridgehead atoms. The Morgan fingerprint density at radius 2 is 1.77 bits per heavy atom. The Hall–Kier alpha value is -2.90. The van der Waals surface area contributed by atoms with Gasteiger partial charge in [0.2, 0.25) is 0 Å². The van der Waals surface area contributed by atoms with E-state index in [2.05, 4.69) is 19.9 Å². The van der Waals surface area contributed by atoms with Gasteiger partial charge in [-0.05, 0) is 30.7 Å². The second kappa shape index (κ2) is 8.98. The number of benzene rings is 2. The van der Waals surface area contributed by atoms with Gasteiger partial charge in [-0.1, -0.05) is 30.3 Å². The van der Waals surface area contributed by atoms with E-state index in [0.717, 1.165) is 18.7 Å². The number of guanidine groups is 1. The fraction of sp³-hybridized carbons (Fsp3) is 0.278. The topological polar surface area (TPSA) is 62.9 Å². The van der Waals surface area contributed by atoms with E-state index in [-0.39, 0.29) is 17.4 Å². The standard InChI is InChI=1S/C18H21F3N4O/c1-25(14-8-3-2-4-9-14)13-7-12-23-17(22)24-15-10-5-6-11-16(15)26-18(19,20)21/h2-6,8-11H,7,12-13H2,1H3,(H3,22,23,24). The number of hydrogen-bond acceptors (Lipinski definition) is 3. The van der Waals surface area contributed by atoms with Crippen molar-refractivity contribution in [2.45, 2.75) is 12.8 Å². The first-order valence-corrected chi connectivity index (χ1v) is 8.03. The summed E-state index contributed by atoms with van der Waals surface area (Å²) in [7, 11) is 1.98. The Kier molecular flexibility index (Phi) is 6.71. The van der Waals surface area contributed by atoms with Crippen LogP contribution in [0.2, 0.25) is 0 Å². The number of alkyl halides is 3. The van der Waals surface area contributed by atoms with Crippen molar-refractivity contribution in [2.24, 2.45) is 10.7 Å². The van der Waals surface area contributed by atoms with Crippen molar-refractivity contribution in [2.75, 3.05) is 30.4 Å². The van der Waals surface area contributed by atoms with Crippen LogP contribution >= 0.6 is 0 Å². The first kappa shape index (κ1) is 19.4. The molecule has 0 saturated heterocycles. The molecule has 140 valence electrons. The summed E-state index contributed by atoms with van der Waals surface area (Å²) in [5.41, 5.74) is 6.96. The highest BCUT2D eigenvalue weighted by Gasteiger charge is 2.32. The molecule has 26 heavy (non-hydrogen) atoms. The van der Waals surface area contributed by atoms with Crippen LogP contribution in [0.5, 0.6) is 5.75 Å². The summed E-state index contributed by atoms with van der Waals surface area (Å²) in [6.45, 7) is 1.22. The van der Waals surface area contributed by atoms with Gasteiger partial charge in [-0.15, -0.1) is 13.2 Å². The van der Waals surface area contributed by atoms with Crippen LogP contribution in [-0.2, 0) is 0 Å². The first-order valence-electron chi connectivity index (χ1n) is 8.03. The third-order valence-electron chi connectivity index (χ3n) is 3.51. The molecule has 0 spiro atoms. The first-order chi connectivity index (χ1) is 12.3. The minimum Gasteiger partial charge on any atom is -0.404 e. The summed E-state index contributed by atoms with van der Waals surface area (Å²) in [5.74, 6) is -0.326. The summed E-state index contributed by atoms with van der Waals surface area (Å²) >= 11 is 0. The van der Waals surface area contributed by atoms with Crippen LogP contribution < -0.4 is 20.7 Å². The van der Waals surface area contributed by atoms with Crippen LogP contribution in [0.3, 0.4) is 0 Å². The lowest BCUT2D eigenvalue weighted by Gasteiger charge is -2.18. The second-order valence-electron chi connectivity index (χ2n) is 5.55. The lowest BCUT2D eigenvalue weighted by Crippen LogP contribution is -2.25. The molecule has 0 unspecified atom stereocenters. The van der Waals surface area contributed by atoms with Crippen LogP contribution in [0.25, 0.3) is 0 Å². The molecular weight excluding hydrogens is 345 g/mol. The maximum Gasteiger partial charge on any atom is 0.573 e. The maximum absolute atomic E-state index is 12.4. The monoisotopic (exact) mass is 366 g/mol. The summed E-state index contributed by atoms with van der Waals surface area (Å²) in [4.78, 5) is 6.23. The van der Waals surface area contributed by atoms with Gasteiger partial charge >= 0.3 is 6.36 Å². The van der Waals surface area contributed by atoms with Crippen LogP contribution in [-0.4, -0.2) is 32.5 Å². The highest BCUT2D eigenvalue weighted by Crippen LogP contribution is 2.29. The van der Waals surface area contributed by atoms with Gasteiger partial charge < -0.3 is 20.7 Å². The maximum atomic E-state index is 12.4. The molecule has 0 saturated carbocycles. The van der Waals surface area contributed by atoms with E-state index in [0.29, 0.717) is 6.54 Å². The number of nitrogens with zero attached hydrogens (tertiary/aromatic N) is 2. The van der Waals surface area contributed by atoms with E-state index >= 15 is 0 Å². The summed E-state index contributed by atoms with van der Waals surface area (Å²) in [5, 5.41) is 2.64. The zero-order chi connectivity index (χ0) is 19.0. The smallest absolute Gasteiger partial charge is 0.404 e. The molecule has 0 aliphatic rings. The Balaban J connectivity index is 1.85. The predicted molar refractivity (Wildman–Crippen MR) is 97.6 cm³/mol. The van der Waals surface area contributed by atoms with E-state index in [1.54, 1.807) is 6.07 Å². The molecule has 0 atom stereocenters. The van der Waals surface area contributed by atoms with Crippen molar-refractivity contribution in [3.63, 3.8) is 0 Å². The highest BCUT2D eigenvalue weighted by molar-refractivity contribution is 5.93. The molecule has 0 aliphatic carbocycles. The minimum absolute atomic E-state index is 0.0330. The van der Waals surface area contributed by atoms with Crippen molar-refractivity contribution in [3.05, 3.63) is 54.6 Å². The van der Waals surface area contributed by atoms with Gasteiger partial charge in [-0.25, -0.2) is 0 Å². The predicted octanol–water partition coefficient (Wildman–Crippen LogP) is 3.84. The Bertz CT molecular complexity index is 720. The van der Waals surface area contributed by atoms with Gasteiger partial charge in [-0.2, -0.15) is 0 Å². The van der Waals surface area contributed by atoms with E-state index in [1.165, 1.54) is 18.2 Å². The zero-order valence-electron chi connectivity index (χ0n) is 14.3. The number of para-hydroxylation sites is 3. The average molecular weight is 366 g/mol. The summed E-state index contributed by atoms with van der Waals surface area (Å²) < 4.78 is 41.2.